The van der Waals surface area contributed by atoms with Gasteiger partial charge >= 0.3 is 5.92 Å². The SMILES string of the molecule is BC(c1ccc2c(c1)CN(C1(B)C(=O)NC(=O)C(B)(B)C1(B)B)C2=O)N(B)C(=O)C(F)(F)c1ccc(Cl)cc1. The maximum atomic E-state index is 15.0. The third kappa shape index (κ3) is 4.17. The second kappa shape index (κ2) is 9.35. The molecule has 0 saturated carbocycles. The number of nitrogens with one attached hydrogen (secondary N) is 1. The second-order valence-electron chi connectivity index (χ2n) is 11.6. The van der Waals surface area contributed by atoms with Gasteiger partial charge in [0.05, 0.1) is 5.44 Å². The molecule has 194 valence electrons. The number of fused-ring (bicyclic) bond motifs is 1. The van der Waals surface area contributed by atoms with Crippen LogP contribution in [0.4, 0.5) is 8.78 Å². The van der Waals surface area contributed by atoms with Crippen LogP contribution in [0.15, 0.2) is 42.5 Å². The van der Waals surface area contributed by atoms with E-state index in [4.69, 9.17) is 11.6 Å². The average Bonchev–Trinajstić information content (AvgIpc) is 3.21. The van der Waals surface area contributed by atoms with E-state index in [1.165, 1.54) is 25.0 Å². The van der Waals surface area contributed by atoms with Crippen molar-refractivity contribution in [3.63, 3.8) is 0 Å². The van der Waals surface area contributed by atoms with E-state index in [0.29, 0.717) is 16.7 Å². The lowest BCUT2D eigenvalue weighted by molar-refractivity contribution is -0.154. The van der Waals surface area contributed by atoms with Crippen molar-refractivity contribution in [1.82, 2.24) is 15.0 Å². The van der Waals surface area contributed by atoms with Gasteiger partial charge in [0.1, 0.15) is 47.1 Å². The molecule has 0 aliphatic carbocycles. The van der Waals surface area contributed by atoms with Crippen molar-refractivity contribution in [3.05, 3.63) is 69.7 Å². The summed E-state index contributed by atoms with van der Waals surface area (Å²) in [5.74, 6) is -7.21. The van der Waals surface area contributed by atoms with E-state index in [9.17, 15) is 19.2 Å². The monoisotopic (exact) mass is 545 g/mol. The highest BCUT2D eigenvalue weighted by atomic mass is 35.5. The number of carbonyl (C=O) groups excluding carboxylic acids is 4. The quantitative estimate of drug-likeness (QED) is 0.306. The van der Waals surface area contributed by atoms with E-state index in [-0.39, 0.29) is 17.5 Å². The van der Waals surface area contributed by atoms with E-state index in [1.54, 1.807) is 65.3 Å². The van der Waals surface area contributed by atoms with Crippen molar-refractivity contribution in [1.29, 1.82) is 0 Å². The fraction of sp³-hybridized carbons (Fsp3) is 0.273. The van der Waals surface area contributed by atoms with Crippen LogP contribution in [-0.4, -0.2) is 93.8 Å². The summed E-state index contributed by atoms with van der Waals surface area (Å²) in [6.07, 6.45) is 0. The summed E-state index contributed by atoms with van der Waals surface area (Å²) in [6.45, 7) is 0.0882. The highest BCUT2D eigenvalue weighted by molar-refractivity contribution is 6.66. The zero-order valence-corrected chi connectivity index (χ0v) is 23.7. The minimum atomic E-state index is -3.77. The summed E-state index contributed by atoms with van der Waals surface area (Å²) in [5, 5.41) is 0.835. The number of halogens is 3. The van der Waals surface area contributed by atoms with Crippen molar-refractivity contribution in [2.45, 2.75) is 34.3 Å². The van der Waals surface area contributed by atoms with E-state index < -0.39 is 51.0 Å². The molecule has 2 unspecified atom stereocenters. The fourth-order valence-corrected chi connectivity index (χ4v) is 5.51. The first-order valence-corrected chi connectivity index (χ1v) is 13.0. The van der Waals surface area contributed by atoms with Gasteiger partial charge in [0.2, 0.25) is 19.8 Å². The minimum absolute atomic E-state index is 0.0882. The molecule has 4 rings (SSSR count). The summed E-state index contributed by atoms with van der Waals surface area (Å²) < 4.78 is 30.1. The van der Waals surface area contributed by atoms with Crippen LogP contribution in [0.2, 0.25) is 15.5 Å². The first-order chi connectivity index (χ1) is 17.9. The van der Waals surface area contributed by atoms with Crippen LogP contribution in [0.1, 0.15) is 33.0 Å². The lowest BCUT2D eigenvalue weighted by Gasteiger charge is -2.59. The van der Waals surface area contributed by atoms with Gasteiger partial charge in [-0.1, -0.05) is 41.1 Å². The molecule has 0 spiro atoms. The molecule has 39 heavy (non-hydrogen) atoms. The van der Waals surface area contributed by atoms with Gasteiger partial charge in [-0.3, -0.25) is 24.5 Å². The standard InChI is InChI=1S/C22H25B7ClF2N3O4/c23-14(35(29)18(39)19(31,32)11-2-4-12(30)5-3-11)9-1-6-13-10(7-9)8-34(15(13)36)21(26)17(38)33-16(37)20(24,25)22(21,27)28/h1-7,14H,8,23-29H2,(H,33,37,38). The summed E-state index contributed by atoms with van der Waals surface area (Å²) in [7, 11) is 11.7. The van der Waals surface area contributed by atoms with Crippen LogP contribution in [0, 0.1) is 0 Å². The summed E-state index contributed by atoms with van der Waals surface area (Å²) in [6, 6.07) is 9.75. The molecule has 0 bridgehead atoms. The Morgan fingerprint density at radius 1 is 1.03 bits per heavy atom. The Morgan fingerprint density at radius 2 is 1.62 bits per heavy atom. The molecule has 17 heteroatoms. The number of nitrogens with zero attached hydrogens (tertiary/aromatic N) is 2. The van der Waals surface area contributed by atoms with Crippen molar-refractivity contribution < 1.29 is 28.0 Å². The number of rotatable bonds is 5. The minimum Gasteiger partial charge on any atom is -0.389 e. The molecule has 1 saturated heterocycles. The summed E-state index contributed by atoms with van der Waals surface area (Å²) >= 11 is 5.80. The average molecular weight is 545 g/mol. The maximum Gasteiger partial charge on any atom is 0.348 e. The Bertz CT molecular complexity index is 1410. The third-order valence-corrected chi connectivity index (χ3v) is 9.60. The third-order valence-electron chi connectivity index (χ3n) is 9.35. The smallest absolute Gasteiger partial charge is 0.348 e. The van der Waals surface area contributed by atoms with Crippen molar-refractivity contribution in [2.24, 2.45) is 0 Å². The molecule has 0 radical (unpaired) electrons. The molecule has 2 atom stereocenters. The van der Waals surface area contributed by atoms with E-state index in [1.807, 2.05) is 0 Å². The predicted molar refractivity (Wildman–Crippen MR) is 162 cm³/mol. The Morgan fingerprint density at radius 3 is 2.21 bits per heavy atom. The van der Waals surface area contributed by atoms with Gasteiger partial charge in [-0.15, -0.1) is 0 Å². The van der Waals surface area contributed by atoms with Crippen molar-refractivity contribution in [3.8, 4) is 0 Å². The van der Waals surface area contributed by atoms with E-state index >= 15 is 8.78 Å². The molecule has 0 aromatic heterocycles. The van der Waals surface area contributed by atoms with Crippen molar-refractivity contribution >= 4 is 90.3 Å². The number of alkyl halides is 2. The van der Waals surface area contributed by atoms with Gasteiger partial charge in [0, 0.05) is 28.6 Å². The maximum absolute atomic E-state index is 15.0. The lowest BCUT2D eigenvalue weighted by Crippen LogP contribution is -2.75. The molecular weight excluding hydrogens is 519 g/mol. The van der Waals surface area contributed by atoms with E-state index in [0.717, 1.165) is 16.9 Å². The fourth-order valence-electron chi connectivity index (χ4n) is 5.38. The lowest BCUT2D eigenvalue weighted by atomic mass is 9.21. The van der Waals surface area contributed by atoms with Gasteiger partial charge in [-0.25, -0.2) is 0 Å². The number of hydrogen-bond donors (Lipinski definition) is 1. The second-order valence-corrected chi connectivity index (χ2v) is 12.0. The van der Waals surface area contributed by atoms with Crippen molar-refractivity contribution in [2.75, 3.05) is 0 Å². The Balaban J connectivity index is 1.62. The van der Waals surface area contributed by atoms with Crippen LogP contribution in [0.5, 0.6) is 0 Å². The van der Waals surface area contributed by atoms with Crippen LogP contribution >= 0.6 is 11.6 Å². The zero-order valence-electron chi connectivity index (χ0n) is 23.0. The highest BCUT2D eigenvalue weighted by Crippen LogP contribution is 2.55. The number of carbonyl (C=O) groups is 4. The van der Waals surface area contributed by atoms with Gasteiger partial charge in [0.15, 0.2) is 0 Å². The van der Waals surface area contributed by atoms with Gasteiger partial charge in [-0.2, -0.15) is 8.78 Å². The summed E-state index contributed by atoms with van der Waals surface area (Å²) in [5.41, 5.74) is -0.270. The Labute approximate surface area is 237 Å². The van der Waals surface area contributed by atoms with E-state index in [2.05, 4.69) is 5.32 Å². The van der Waals surface area contributed by atoms with Gasteiger partial charge in [0.25, 0.3) is 11.8 Å². The molecule has 2 aliphatic heterocycles. The van der Waals surface area contributed by atoms with Crippen LogP contribution in [-0.2, 0) is 26.9 Å². The van der Waals surface area contributed by atoms with Gasteiger partial charge < -0.3 is 9.71 Å². The molecule has 2 aromatic carbocycles. The first-order valence-electron chi connectivity index (χ1n) is 12.6. The molecule has 1 N–H and O–H groups in total. The normalized spacial score (nSPS) is 22.6. The largest absolute Gasteiger partial charge is 0.389 e. The Hall–Kier alpha value is -2.88. The number of piperidine rings is 1. The number of imide groups is 1. The Kier molecular flexibility index (Phi) is 6.98. The first kappa shape index (κ1) is 29.1. The molecule has 2 aliphatic rings. The molecule has 2 aromatic rings. The molecule has 7 nitrogen and oxygen atoms in total. The highest BCUT2D eigenvalue weighted by Gasteiger charge is 2.64. The van der Waals surface area contributed by atoms with Crippen LogP contribution in [0.25, 0.3) is 0 Å². The number of benzene rings is 2. The van der Waals surface area contributed by atoms with Crippen LogP contribution in [0.3, 0.4) is 0 Å². The number of hydrogen-bond acceptors (Lipinski definition) is 4. The molecular formula is C22H25B7ClF2N3O4. The molecule has 1 fully saturated rings. The van der Waals surface area contributed by atoms with Gasteiger partial charge in [-0.05, 0) is 34.5 Å². The number of amides is 4. The molecule has 4 amide bonds. The topological polar surface area (TPSA) is 86.8 Å². The molecule has 2 heterocycles. The zero-order chi connectivity index (χ0) is 29.3. The predicted octanol–water partition coefficient (Wildman–Crippen LogP) is -4.15. The summed E-state index contributed by atoms with van der Waals surface area (Å²) in [4.78, 5) is 54.7. The van der Waals surface area contributed by atoms with Crippen LogP contribution < -0.4 is 5.32 Å².